The zero-order valence-electron chi connectivity index (χ0n) is 15.8. The van der Waals surface area contributed by atoms with Crippen LogP contribution in [0.2, 0.25) is 5.02 Å². The average Bonchev–Trinajstić information content (AvgIpc) is 2.81. The lowest BCUT2D eigenvalue weighted by Crippen LogP contribution is -2.43. The lowest BCUT2D eigenvalue weighted by molar-refractivity contribution is -0.142. The molecule has 0 aliphatic heterocycles. The Balaban J connectivity index is 2.13. The Morgan fingerprint density at radius 2 is 1.89 bits per heavy atom. The molecule has 0 unspecified atom stereocenters. The Morgan fingerprint density at radius 3 is 2.56 bits per heavy atom. The molecule has 148 valence electrons. The maximum Gasteiger partial charge on any atom is 0.308 e. The van der Waals surface area contributed by atoms with Crippen LogP contribution in [0.3, 0.4) is 0 Å². The van der Waals surface area contributed by atoms with Gasteiger partial charge in [-0.1, -0.05) is 44.7 Å². The largest absolute Gasteiger partial charge is 0.481 e. The SMILES string of the molecule is CC(C)CC(=O)Nc1ccc(Cl)c(C(=O)N[C@H]2CCCCC[C@H]2C(=O)O)c1. The van der Waals surface area contributed by atoms with Crippen LogP contribution in [-0.4, -0.2) is 28.9 Å². The number of nitrogens with one attached hydrogen (secondary N) is 2. The second-order valence-electron chi connectivity index (χ2n) is 7.50. The normalized spacial score (nSPS) is 20.0. The topological polar surface area (TPSA) is 95.5 Å². The summed E-state index contributed by atoms with van der Waals surface area (Å²) in [7, 11) is 0. The number of carbonyl (C=O) groups excluding carboxylic acids is 2. The average molecular weight is 395 g/mol. The number of amides is 2. The Bertz CT molecular complexity index is 705. The molecule has 27 heavy (non-hydrogen) atoms. The first-order chi connectivity index (χ1) is 12.8. The van der Waals surface area contributed by atoms with E-state index in [1.807, 2.05) is 13.8 Å². The molecule has 0 aromatic heterocycles. The third kappa shape index (κ3) is 6.24. The molecule has 1 aliphatic rings. The van der Waals surface area contributed by atoms with E-state index >= 15 is 0 Å². The second kappa shape index (κ2) is 9.74. The molecule has 2 atom stereocenters. The summed E-state index contributed by atoms with van der Waals surface area (Å²) >= 11 is 6.17. The monoisotopic (exact) mass is 394 g/mol. The van der Waals surface area contributed by atoms with Gasteiger partial charge in [-0.3, -0.25) is 14.4 Å². The maximum absolute atomic E-state index is 12.7. The Hall–Kier alpha value is -2.08. The van der Waals surface area contributed by atoms with Crippen molar-refractivity contribution in [2.45, 2.75) is 58.4 Å². The summed E-state index contributed by atoms with van der Waals surface area (Å²) in [5.41, 5.74) is 0.721. The van der Waals surface area contributed by atoms with Crippen LogP contribution in [0.5, 0.6) is 0 Å². The van der Waals surface area contributed by atoms with E-state index in [4.69, 9.17) is 11.6 Å². The molecule has 0 saturated heterocycles. The molecule has 1 aromatic carbocycles. The number of carboxylic acid groups (broad SMARTS) is 1. The minimum absolute atomic E-state index is 0.131. The van der Waals surface area contributed by atoms with Crippen LogP contribution in [0.15, 0.2) is 18.2 Å². The van der Waals surface area contributed by atoms with Crippen molar-refractivity contribution >= 4 is 35.1 Å². The Kier molecular flexibility index (Phi) is 7.66. The molecule has 0 radical (unpaired) electrons. The van der Waals surface area contributed by atoms with E-state index in [1.165, 1.54) is 6.07 Å². The molecule has 2 amide bonds. The fraction of sp³-hybridized carbons (Fsp3) is 0.550. The number of carboxylic acids is 1. The molecule has 0 spiro atoms. The van der Waals surface area contributed by atoms with Gasteiger partial charge in [-0.15, -0.1) is 0 Å². The van der Waals surface area contributed by atoms with E-state index in [2.05, 4.69) is 10.6 Å². The van der Waals surface area contributed by atoms with Crippen molar-refractivity contribution in [3.63, 3.8) is 0 Å². The summed E-state index contributed by atoms with van der Waals surface area (Å²) < 4.78 is 0. The highest BCUT2D eigenvalue weighted by molar-refractivity contribution is 6.34. The van der Waals surface area contributed by atoms with Gasteiger partial charge < -0.3 is 15.7 Å². The summed E-state index contributed by atoms with van der Waals surface area (Å²) in [6.45, 7) is 3.90. The van der Waals surface area contributed by atoms with Gasteiger partial charge in [0.2, 0.25) is 5.91 Å². The first-order valence-corrected chi connectivity index (χ1v) is 9.78. The molecule has 2 rings (SSSR count). The lowest BCUT2D eigenvalue weighted by atomic mass is 9.94. The number of hydrogen-bond acceptors (Lipinski definition) is 3. The van der Waals surface area contributed by atoms with Crippen LogP contribution in [0.25, 0.3) is 0 Å². The van der Waals surface area contributed by atoms with Crippen LogP contribution in [0, 0.1) is 11.8 Å². The number of benzene rings is 1. The predicted octanol–water partition coefficient (Wildman–Crippen LogP) is 4.09. The van der Waals surface area contributed by atoms with Crippen molar-refractivity contribution in [1.82, 2.24) is 5.32 Å². The van der Waals surface area contributed by atoms with Gasteiger partial charge in [-0.2, -0.15) is 0 Å². The fourth-order valence-electron chi connectivity index (χ4n) is 3.38. The van der Waals surface area contributed by atoms with E-state index in [1.54, 1.807) is 12.1 Å². The molecule has 0 bridgehead atoms. The van der Waals surface area contributed by atoms with Crippen molar-refractivity contribution in [2.75, 3.05) is 5.32 Å². The lowest BCUT2D eigenvalue weighted by Gasteiger charge is -2.23. The highest BCUT2D eigenvalue weighted by Crippen LogP contribution is 2.26. The summed E-state index contributed by atoms with van der Waals surface area (Å²) in [5.74, 6) is -1.80. The van der Waals surface area contributed by atoms with Gasteiger partial charge in [-0.25, -0.2) is 0 Å². The minimum atomic E-state index is -0.886. The standard InChI is InChI=1S/C20H27ClN2O4/c1-12(2)10-18(24)22-13-8-9-16(21)15(11-13)19(25)23-17-7-5-3-4-6-14(17)20(26)27/h8-9,11-12,14,17H,3-7,10H2,1-2H3,(H,22,24)(H,23,25)(H,26,27)/t14-,17+/m1/s1. The van der Waals surface area contributed by atoms with Gasteiger partial charge in [0, 0.05) is 18.2 Å². The van der Waals surface area contributed by atoms with Gasteiger partial charge >= 0.3 is 5.97 Å². The fourth-order valence-corrected chi connectivity index (χ4v) is 3.59. The van der Waals surface area contributed by atoms with E-state index in [0.29, 0.717) is 24.9 Å². The minimum Gasteiger partial charge on any atom is -0.481 e. The van der Waals surface area contributed by atoms with E-state index in [0.717, 1.165) is 19.3 Å². The molecule has 0 heterocycles. The third-order valence-electron chi connectivity index (χ3n) is 4.74. The Morgan fingerprint density at radius 1 is 1.19 bits per heavy atom. The quantitative estimate of drug-likeness (QED) is 0.633. The number of aliphatic carboxylic acids is 1. The van der Waals surface area contributed by atoms with E-state index < -0.39 is 23.8 Å². The maximum atomic E-state index is 12.7. The molecular weight excluding hydrogens is 368 g/mol. The summed E-state index contributed by atoms with van der Waals surface area (Å²) in [4.78, 5) is 36.2. The van der Waals surface area contributed by atoms with Crippen molar-refractivity contribution in [3.8, 4) is 0 Å². The van der Waals surface area contributed by atoms with Crippen molar-refractivity contribution in [1.29, 1.82) is 0 Å². The first-order valence-electron chi connectivity index (χ1n) is 9.41. The van der Waals surface area contributed by atoms with Crippen LogP contribution in [0.4, 0.5) is 5.69 Å². The van der Waals surface area contributed by atoms with Gasteiger partial charge in [0.05, 0.1) is 16.5 Å². The molecule has 1 aliphatic carbocycles. The third-order valence-corrected chi connectivity index (χ3v) is 5.07. The summed E-state index contributed by atoms with van der Waals surface area (Å²) in [6, 6.07) is 4.31. The van der Waals surface area contributed by atoms with E-state index in [-0.39, 0.29) is 22.4 Å². The van der Waals surface area contributed by atoms with Gasteiger partial charge in [0.25, 0.3) is 5.91 Å². The van der Waals surface area contributed by atoms with Crippen LogP contribution in [-0.2, 0) is 9.59 Å². The molecule has 1 saturated carbocycles. The summed E-state index contributed by atoms with van der Waals surface area (Å²) in [5, 5.41) is 15.3. The highest BCUT2D eigenvalue weighted by atomic mass is 35.5. The number of rotatable bonds is 6. The molecule has 1 fully saturated rings. The van der Waals surface area contributed by atoms with E-state index in [9.17, 15) is 19.5 Å². The first kappa shape index (κ1) is 21.2. The molecule has 6 nitrogen and oxygen atoms in total. The van der Waals surface area contributed by atoms with Crippen LogP contribution >= 0.6 is 11.6 Å². The number of hydrogen-bond donors (Lipinski definition) is 3. The van der Waals surface area contributed by atoms with Crippen LogP contribution in [0.1, 0.15) is 62.7 Å². The molecule has 3 N–H and O–H groups in total. The van der Waals surface area contributed by atoms with Crippen molar-refractivity contribution in [2.24, 2.45) is 11.8 Å². The zero-order valence-corrected chi connectivity index (χ0v) is 16.5. The second-order valence-corrected chi connectivity index (χ2v) is 7.91. The van der Waals surface area contributed by atoms with Gasteiger partial charge in [0.15, 0.2) is 0 Å². The van der Waals surface area contributed by atoms with Crippen molar-refractivity contribution < 1.29 is 19.5 Å². The molecule has 1 aromatic rings. The van der Waals surface area contributed by atoms with Gasteiger partial charge in [-0.05, 0) is 37.0 Å². The van der Waals surface area contributed by atoms with Gasteiger partial charge in [0.1, 0.15) is 0 Å². The zero-order chi connectivity index (χ0) is 20.0. The smallest absolute Gasteiger partial charge is 0.308 e. The molecule has 7 heteroatoms. The number of carbonyl (C=O) groups is 3. The number of anilines is 1. The highest BCUT2D eigenvalue weighted by Gasteiger charge is 2.31. The summed E-state index contributed by atoms with van der Waals surface area (Å²) in [6.07, 6.45) is 4.26. The Labute approximate surface area is 164 Å². The predicted molar refractivity (Wildman–Crippen MR) is 105 cm³/mol. The van der Waals surface area contributed by atoms with Crippen LogP contribution < -0.4 is 10.6 Å². The van der Waals surface area contributed by atoms with Crippen molar-refractivity contribution in [3.05, 3.63) is 28.8 Å². The number of halogens is 1. The molecular formula is C20H27ClN2O4.